The van der Waals surface area contributed by atoms with Crippen LogP contribution in [0.2, 0.25) is 5.02 Å². The highest BCUT2D eigenvalue weighted by Gasteiger charge is 2.14. The van der Waals surface area contributed by atoms with Crippen molar-refractivity contribution in [3.63, 3.8) is 0 Å². The van der Waals surface area contributed by atoms with Gasteiger partial charge in [-0.15, -0.1) is 0 Å². The average molecular weight is 484 g/mol. The summed E-state index contributed by atoms with van der Waals surface area (Å²) in [6, 6.07) is 38.4. The van der Waals surface area contributed by atoms with E-state index >= 15 is 0 Å². The quantitative estimate of drug-likeness (QED) is 0.220. The molecule has 0 fully saturated rings. The molecule has 0 radical (unpaired) electrons. The van der Waals surface area contributed by atoms with E-state index < -0.39 is 0 Å². The van der Waals surface area contributed by atoms with Gasteiger partial charge in [0.05, 0.1) is 0 Å². The Balaban J connectivity index is 1.21. The van der Waals surface area contributed by atoms with E-state index in [-0.39, 0.29) is 0 Å². The molecule has 4 rings (SSSR count). The largest absolute Gasteiger partial charge is 0.489 e. The van der Waals surface area contributed by atoms with Gasteiger partial charge in [0.2, 0.25) is 0 Å². The Labute approximate surface area is 214 Å². The third-order valence-corrected chi connectivity index (χ3v) is 6.69. The van der Waals surface area contributed by atoms with Crippen LogP contribution in [0.5, 0.6) is 5.75 Å². The van der Waals surface area contributed by atoms with Gasteiger partial charge < -0.3 is 10.1 Å². The lowest BCUT2D eigenvalue weighted by molar-refractivity contribution is 0.306. The summed E-state index contributed by atoms with van der Waals surface area (Å²) in [5.41, 5.74) is 5.21. The molecule has 0 heterocycles. The van der Waals surface area contributed by atoms with Crippen LogP contribution in [0.3, 0.4) is 0 Å². The van der Waals surface area contributed by atoms with Gasteiger partial charge in [-0.2, -0.15) is 0 Å². The minimum absolute atomic E-state index is 0.414. The third kappa shape index (κ3) is 7.99. The van der Waals surface area contributed by atoms with Gasteiger partial charge in [0.15, 0.2) is 0 Å². The Bertz CT molecular complexity index is 1090. The lowest BCUT2D eigenvalue weighted by Crippen LogP contribution is -2.28. The first kappa shape index (κ1) is 25.0. The monoisotopic (exact) mass is 483 g/mol. The van der Waals surface area contributed by atoms with Gasteiger partial charge >= 0.3 is 0 Å². The second-order valence-corrected chi connectivity index (χ2v) is 9.55. The Hall–Kier alpha value is -3.07. The van der Waals surface area contributed by atoms with Crippen molar-refractivity contribution in [2.45, 2.75) is 44.8 Å². The van der Waals surface area contributed by atoms with Crippen molar-refractivity contribution in [3.8, 4) is 5.75 Å². The van der Waals surface area contributed by atoms with Gasteiger partial charge in [-0.05, 0) is 79.3 Å². The fourth-order valence-electron chi connectivity index (χ4n) is 4.36. The second kappa shape index (κ2) is 13.1. The van der Waals surface area contributed by atoms with Gasteiger partial charge in [-0.25, -0.2) is 0 Å². The zero-order valence-corrected chi connectivity index (χ0v) is 21.1. The molecule has 0 aliphatic carbocycles. The van der Waals surface area contributed by atoms with Crippen LogP contribution in [0.4, 0.5) is 0 Å². The first-order chi connectivity index (χ1) is 17.2. The summed E-state index contributed by atoms with van der Waals surface area (Å²) >= 11 is 5.95. The first-order valence-electron chi connectivity index (χ1n) is 12.5. The predicted molar refractivity (Wildman–Crippen MR) is 147 cm³/mol. The van der Waals surface area contributed by atoms with E-state index in [1.54, 1.807) is 0 Å². The molecule has 4 aromatic rings. The number of aryl methyl sites for hydroxylation is 1. The molecule has 0 spiro atoms. The van der Waals surface area contributed by atoms with E-state index in [0.717, 1.165) is 42.1 Å². The SMILES string of the molecule is CC(CCc1ccc(OCc2ccc(Cl)cc2)cc1)NCCC(c1ccccc1)c1ccccc1. The summed E-state index contributed by atoms with van der Waals surface area (Å²) in [5.74, 6) is 1.31. The maximum atomic E-state index is 5.95. The summed E-state index contributed by atoms with van der Waals surface area (Å²) in [6.07, 6.45) is 3.23. The fraction of sp³-hybridized carbons (Fsp3) is 0.250. The maximum absolute atomic E-state index is 5.95. The van der Waals surface area contributed by atoms with E-state index in [4.69, 9.17) is 16.3 Å². The minimum atomic E-state index is 0.414. The van der Waals surface area contributed by atoms with Crippen molar-refractivity contribution in [2.24, 2.45) is 0 Å². The average Bonchev–Trinajstić information content (AvgIpc) is 2.91. The molecular weight excluding hydrogens is 450 g/mol. The molecule has 180 valence electrons. The molecule has 1 unspecified atom stereocenters. The van der Waals surface area contributed by atoms with Crippen LogP contribution in [0.1, 0.15) is 47.9 Å². The molecule has 2 nitrogen and oxygen atoms in total. The highest BCUT2D eigenvalue weighted by Crippen LogP contribution is 2.27. The lowest BCUT2D eigenvalue weighted by Gasteiger charge is -2.20. The molecule has 0 aliphatic heterocycles. The van der Waals surface area contributed by atoms with Crippen molar-refractivity contribution in [1.82, 2.24) is 5.32 Å². The number of hydrogen-bond acceptors (Lipinski definition) is 2. The molecule has 0 aromatic heterocycles. The fourth-order valence-corrected chi connectivity index (χ4v) is 4.48. The van der Waals surface area contributed by atoms with Crippen LogP contribution >= 0.6 is 11.6 Å². The van der Waals surface area contributed by atoms with Gasteiger partial charge in [0.25, 0.3) is 0 Å². The van der Waals surface area contributed by atoms with Gasteiger partial charge in [-0.1, -0.05) is 96.5 Å². The number of hydrogen-bond donors (Lipinski definition) is 1. The first-order valence-corrected chi connectivity index (χ1v) is 12.8. The normalized spacial score (nSPS) is 12.0. The van der Waals surface area contributed by atoms with E-state index in [0.29, 0.717) is 18.6 Å². The topological polar surface area (TPSA) is 21.3 Å². The lowest BCUT2D eigenvalue weighted by atomic mass is 9.88. The Morgan fingerprint density at radius 1 is 0.686 bits per heavy atom. The van der Waals surface area contributed by atoms with Crippen molar-refractivity contribution in [3.05, 3.63) is 136 Å². The van der Waals surface area contributed by atoms with Crippen LogP contribution in [0.25, 0.3) is 0 Å². The van der Waals surface area contributed by atoms with Crippen LogP contribution < -0.4 is 10.1 Å². The number of nitrogens with one attached hydrogen (secondary N) is 1. The van der Waals surface area contributed by atoms with Gasteiger partial charge in [-0.3, -0.25) is 0 Å². The molecule has 4 aromatic carbocycles. The van der Waals surface area contributed by atoms with Crippen molar-refractivity contribution < 1.29 is 4.74 Å². The highest BCUT2D eigenvalue weighted by atomic mass is 35.5. The van der Waals surface area contributed by atoms with E-state index in [2.05, 4.69) is 97.2 Å². The smallest absolute Gasteiger partial charge is 0.119 e. The number of ether oxygens (including phenoxy) is 1. The van der Waals surface area contributed by atoms with Crippen molar-refractivity contribution >= 4 is 11.6 Å². The molecule has 0 aliphatic rings. The molecule has 3 heteroatoms. The van der Waals surface area contributed by atoms with Crippen LogP contribution in [-0.2, 0) is 13.0 Å². The molecule has 0 saturated carbocycles. The standard InChI is InChI=1S/C32H34ClNO/c1-25(34-23-22-32(28-8-4-2-5-9-28)29-10-6-3-7-11-29)12-13-26-16-20-31(21-17-26)35-24-27-14-18-30(33)19-15-27/h2-11,14-21,25,32,34H,12-13,22-24H2,1H3. The third-order valence-electron chi connectivity index (χ3n) is 6.44. The molecule has 0 bridgehead atoms. The molecule has 0 saturated heterocycles. The Morgan fingerprint density at radius 3 is 1.86 bits per heavy atom. The number of benzene rings is 4. The van der Waals surface area contributed by atoms with Crippen molar-refractivity contribution in [1.29, 1.82) is 0 Å². The predicted octanol–water partition coefficient (Wildman–Crippen LogP) is 8.05. The van der Waals surface area contributed by atoms with Crippen LogP contribution in [0.15, 0.2) is 109 Å². The molecule has 1 N–H and O–H groups in total. The van der Waals surface area contributed by atoms with E-state index in [1.165, 1.54) is 16.7 Å². The summed E-state index contributed by atoms with van der Waals surface area (Å²) in [6.45, 7) is 3.82. The van der Waals surface area contributed by atoms with Gasteiger partial charge in [0.1, 0.15) is 12.4 Å². The van der Waals surface area contributed by atoms with E-state index in [1.807, 2.05) is 24.3 Å². The summed E-state index contributed by atoms with van der Waals surface area (Å²) < 4.78 is 5.91. The van der Waals surface area contributed by atoms with E-state index in [9.17, 15) is 0 Å². The Kier molecular flexibility index (Phi) is 9.39. The maximum Gasteiger partial charge on any atom is 0.119 e. The number of halogens is 1. The zero-order valence-electron chi connectivity index (χ0n) is 20.4. The molecule has 35 heavy (non-hydrogen) atoms. The zero-order chi connectivity index (χ0) is 24.3. The molecule has 0 amide bonds. The second-order valence-electron chi connectivity index (χ2n) is 9.12. The molecule has 1 atom stereocenters. The van der Waals surface area contributed by atoms with Crippen LogP contribution in [0, 0.1) is 0 Å². The highest BCUT2D eigenvalue weighted by molar-refractivity contribution is 6.30. The Morgan fingerprint density at radius 2 is 1.26 bits per heavy atom. The summed E-state index contributed by atoms with van der Waals surface area (Å²) in [4.78, 5) is 0. The van der Waals surface area contributed by atoms with Crippen LogP contribution in [-0.4, -0.2) is 12.6 Å². The minimum Gasteiger partial charge on any atom is -0.489 e. The molecular formula is C32H34ClNO. The summed E-state index contributed by atoms with van der Waals surface area (Å²) in [7, 11) is 0. The van der Waals surface area contributed by atoms with Crippen molar-refractivity contribution in [2.75, 3.05) is 6.54 Å². The summed E-state index contributed by atoms with van der Waals surface area (Å²) in [5, 5.41) is 4.49. The number of rotatable bonds is 12. The van der Waals surface area contributed by atoms with Gasteiger partial charge in [0, 0.05) is 17.0 Å².